The van der Waals surface area contributed by atoms with E-state index in [2.05, 4.69) is 20.3 Å². The van der Waals surface area contributed by atoms with Gasteiger partial charge in [0, 0.05) is 0 Å². The number of urea groups is 1. The second-order valence-electron chi connectivity index (χ2n) is 3.61. The minimum atomic E-state index is -0.648. The molecule has 0 radical (unpaired) electrons. The lowest BCUT2D eigenvalue weighted by Gasteiger charge is -2.08. The van der Waals surface area contributed by atoms with Gasteiger partial charge < -0.3 is 10.1 Å². The number of hydrogen-bond acceptors (Lipinski definition) is 4. The molecule has 0 atom stereocenters. The fraction of sp³-hybridized carbons (Fsp3) is 0.750. The molecule has 14 heavy (non-hydrogen) atoms. The Labute approximate surface area is 82.7 Å². The third-order valence-corrected chi connectivity index (χ3v) is 1.05. The summed E-state index contributed by atoms with van der Waals surface area (Å²) in [6.45, 7) is 5.23. The Balaban J connectivity index is 3.88. The first kappa shape index (κ1) is 12.5. The Bertz CT molecular complexity index is 243. The van der Waals surface area contributed by atoms with Gasteiger partial charge in [-0.3, -0.25) is 4.79 Å². The molecule has 1 N–H and O–H groups in total. The lowest BCUT2D eigenvalue weighted by molar-refractivity contribution is -0.139. The van der Waals surface area contributed by atoms with Gasteiger partial charge in [-0.15, -0.1) is 0 Å². The first-order valence-electron chi connectivity index (χ1n) is 4.12. The Hall–Kier alpha value is -1.46. The topological polar surface area (TPSA) is 80.1 Å². The Kier molecular flexibility index (Phi) is 4.76. The zero-order chi connectivity index (χ0) is 11.2. The molecule has 0 aromatic carbocycles. The van der Waals surface area contributed by atoms with Crippen molar-refractivity contribution < 1.29 is 14.3 Å². The molecule has 0 aliphatic rings. The normalized spacial score (nSPS) is 11.4. The van der Waals surface area contributed by atoms with E-state index in [1.165, 1.54) is 7.11 Å². The molecule has 0 spiro atoms. The van der Waals surface area contributed by atoms with Gasteiger partial charge in [0.1, 0.15) is 6.54 Å². The van der Waals surface area contributed by atoms with Crippen molar-refractivity contribution in [2.75, 3.05) is 13.7 Å². The summed E-state index contributed by atoms with van der Waals surface area (Å²) in [7, 11) is 1.24. The molecule has 0 aliphatic carbocycles. The first-order valence-corrected chi connectivity index (χ1v) is 4.12. The van der Waals surface area contributed by atoms with Crippen LogP contribution in [0.25, 0.3) is 0 Å². The van der Waals surface area contributed by atoms with E-state index in [1.54, 1.807) is 0 Å². The van der Waals surface area contributed by atoms with Crippen LogP contribution < -0.4 is 5.32 Å². The number of esters is 1. The Morgan fingerprint density at radius 3 is 2.36 bits per heavy atom. The second-order valence-corrected chi connectivity index (χ2v) is 3.61. The summed E-state index contributed by atoms with van der Waals surface area (Å²) in [5.74, 6) is -0.524. The van der Waals surface area contributed by atoms with E-state index in [0.717, 1.165) is 0 Å². The number of amides is 2. The monoisotopic (exact) mass is 201 g/mol. The molecule has 6 heteroatoms. The van der Waals surface area contributed by atoms with E-state index in [0.29, 0.717) is 0 Å². The summed E-state index contributed by atoms with van der Waals surface area (Å²) in [6.07, 6.45) is 0. The highest BCUT2D eigenvalue weighted by Gasteiger charge is 2.09. The highest BCUT2D eigenvalue weighted by atomic mass is 16.5. The lowest BCUT2D eigenvalue weighted by atomic mass is 10.1. The molecule has 0 aliphatic heterocycles. The molecule has 2 amide bonds. The first-order chi connectivity index (χ1) is 6.35. The number of carbonyl (C=O) groups excluding carboxylic acids is 2. The van der Waals surface area contributed by atoms with Crippen LogP contribution in [0.2, 0.25) is 0 Å². The summed E-state index contributed by atoms with van der Waals surface area (Å²) in [5.41, 5.74) is -0.400. The van der Waals surface area contributed by atoms with Gasteiger partial charge in [-0.1, -0.05) is 5.11 Å². The van der Waals surface area contributed by atoms with E-state index < -0.39 is 17.5 Å². The van der Waals surface area contributed by atoms with Gasteiger partial charge in [-0.05, 0) is 20.8 Å². The van der Waals surface area contributed by atoms with Crippen molar-refractivity contribution in [1.29, 1.82) is 0 Å². The van der Waals surface area contributed by atoms with Crippen LogP contribution in [-0.4, -0.2) is 31.2 Å². The van der Waals surface area contributed by atoms with E-state index in [1.807, 2.05) is 20.8 Å². The molecule has 0 bridgehead atoms. The van der Waals surface area contributed by atoms with E-state index in [-0.39, 0.29) is 6.54 Å². The smallest absolute Gasteiger partial charge is 0.359 e. The third kappa shape index (κ3) is 7.20. The zero-order valence-corrected chi connectivity index (χ0v) is 8.83. The minimum Gasteiger partial charge on any atom is -0.468 e. The number of rotatable bonds is 2. The highest BCUT2D eigenvalue weighted by molar-refractivity contribution is 5.80. The van der Waals surface area contributed by atoms with Crippen LogP contribution in [0.15, 0.2) is 10.2 Å². The van der Waals surface area contributed by atoms with Gasteiger partial charge in [-0.2, -0.15) is 5.11 Å². The number of nitrogens with zero attached hydrogens (tertiary/aromatic N) is 2. The maximum absolute atomic E-state index is 10.9. The van der Waals surface area contributed by atoms with Crippen LogP contribution in [0, 0.1) is 0 Å². The van der Waals surface area contributed by atoms with Crippen LogP contribution in [0.4, 0.5) is 4.79 Å². The SMILES string of the molecule is COC(=O)CNC(=O)N=NC(C)(C)C. The van der Waals surface area contributed by atoms with Gasteiger partial charge in [-0.25, -0.2) is 4.79 Å². The minimum absolute atomic E-state index is 0.196. The largest absolute Gasteiger partial charge is 0.468 e. The molecule has 0 unspecified atom stereocenters. The average Bonchev–Trinajstić information content (AvgIpc) is 2.09. The van der Waals surface area contributed by atoms with Crippen molar-refractivity contribution in [2.24, 2.45) is 10.2 Å². The average molecular weight is 201 g/mol. The number of azo groups is 1. The van der Waals surface area contributed by atoms with Crippen molar-refractivity contribution in [1.82, 2.24) is 5.32 Å². The summed E-state index contributed by atoms with van der Waals surface area (Å²) < 4.78 is 4.32. The molecule has 0 aromatic rings. The molecule has 0 rings (SSSR count). The Morgan fingerprint density at radius 1 is 1.36 bits per heavy atom. The summed E-state index contributed by atoms with van der Waals surface area (Å²) in [5, 5.41) is 9.32. The van der Waals surface area contributed by atoms with E-state index in [9.17, 15) is 9.59 Å². The van der Waals surface area contributed by atoms with Crippen molar-refractivity contribution in [2.45, 2.75) is 26.3 Å². The van der Waals surface area contributed by atoms with Crippen LogP contribution in [0.3, 0.4) is 0 Å². The van der Waals surface area contributed by atoms with Crippen molar-refractivity contribution in [3.8, 4) is 0 Å². The second kappa shape index (κ2) is 5.31. The van der Waals surface area contributed by atoms with Crippen LogP contribution in [0.1, 0.15) is 20.8 Å². The van der Waals surface area contributed by atoms with Crippen LogP contribution in [-0.2, 0) is 9.53 Å². The predicted molar refractivity (Wildman–Crippen MR) is 50.0 cm³/mol. The van der Waals surface area contributed by atoms with Gasteiger partial charge in [0.05, 0.1) is 12.6 Å². The number of nitrogens with one attached hydrogen (secondary N) is 1. The number of ether oxygens (including phenoxy) is 1. The van der Waals surface area contributed by atoms with Crippen LogP contribution >= 0.6 is 0 Å². The van der Waals surface area contributed by atoms with Gasteiger partial charge in [0.2, 0.25) is 0 Å². The molecule has 0 heterocycles. The molecule has 6 nitrogen and oxygen atoms in total. The van der Waals surface area contributed by atoms with Gasteiger partial charge in [0.15, 0.2) is 0 Å². The highest BCUT2D eigenvalue weighted by Crippen LogP contribution is 2.06. The van der Waals surface area contributed by atoms with E-state index in [4.69, 9.17) is 0 Å². The fourth-order valence-corrected chi connectivity index (χ4v) is 0.451. The quantitative estimate of drug-likeness (QED) is 0.537. The molecule has 0 aromatic heterocycles. The molecule has 0 saturated heterocycles. The predicted octanol–water partition coefficient (Wildman–Crippen LogP) is 1.12. The lowest BCUT2D eigenvalue weighted by Crippen LogP contribution is -2.27. The van der Waals surface area contributed by atoms with Crippen molar-refractivity contribution in [3.05, 3.63) is 0 Å². The van der Waals surface area contributed by atoms with Gasteiger partial charge >= 0.3 is 12.0 Å². The molecule has 0 saturated carbocycles. The maximum atomic E-state index is 10.9. The summed E-state index contributed by atoms with van der Waals surface area (Å²) in [4.78, 5) is 21.5. The van der Waals surface area contributed by atoms with E-state index >= 15 is 0 Å². The third-order valence-electron chi connectivity index (χ3n) is 1.05. The van der Waals surface area contributed by atoms with Crippen LogP contribution in [0.5, 0.6) is 0 Å². The van der Waals surface area contributed by atoms with Crippen molar-refractivity contribution in [3.63, 3.8) is 0 Å². The number of carbonyl (C=O) groups is 2. The Morgan fingerprint density at radius 2 is 1.93 bits per heavy atom. The maximum Gasteiger partial charge on any atom is 0.359 e. The molecular weight excluding hydrogens is 186 g/mol. The van der Waals surface area contributed by atoms with Gasteiger partial charge in [0.25, 0.3) is 0 Å². The molecular formula is C8H15N3O3. The zero-order valence-electron chi connectivity index (χ0n) is 8.83. The summed E-state index contributed by atoms with van der Waals surface area (Å²) in [6, 6.07) is -0.648. The molecule has 0 fully saturated rings. The standard InChI is InChI=1S/C8H15N3O3/c1-8(2,3)11-10-7(13)9-5-6(12)14-4/h5H2,1-4H3,(H,9,13). The fourth-order valence-electron chi connectivity index (χ4n) is 0.451. The van der Waals surface area contributed by atoms with Crippen molar-refractivity contribution >= 4 is 12.0 Å². The molecule has 80 valence electrons. The summed E-state index contributed by atoms with van der Waals surface area (Å²) >= 11 is 0. The number of methoxy groups -OCH3 is 1. The number of hydrogen-bond donors (Lipinski definition) is 1.